The number of anilines is 1. The van der Waals surface area contributed by atoms with E-state index in [0.717, 1.165) is 23.3 Å². The SMILES string of the molecule is CCc1ccccc1OCC(=O)Nc1nc(-c2cc(OC)ccc2OC)cs1. The van der Waals surface area contributed by atoms with Crippen LogP contribution in [0.3, 0.4) is 0 Å². The summed E-state index contributed by atoms with van der Waals surface area (Å²) in [6.45, 7) is 1.97. The van der Waals surface area contributed by atoms with E-state index in [1.165, 1.54) is 11.3 Å². The van der Waals surface area contributed by atoms with Crippen LogP contribution in [0.2, 0.25) is 0 Å². The fraction of sp³-hybridized carbons (Fsp3) is 0.238. The molecule has 1 aromatic heterocycles. The standard InChI is InChI=1S/C21H22N2O4S/c1-4-14-7-5-6-8-18(14)27-12-20(24)23-21-22-17(13-28-21)16-11-15(25-2)9-10-19(16)26-3/h5-11,13H,4,12H2,1-3H3,(H,22,23,24). The van der Waals surface area contributed by atoms with Crippen molar-refractivity contribution in [2.75, 3.05) is 26.1 Å². The number of benzene rings is 2. The number of hydrogen-bond donors (Lipinski definition) is 1. The van der Waals surface area contributed by atoms with Gasteiger partial charge in [0.25, 0.3) is 5.91 Å². The first-order valence-electron chi connectivity index (χ1n) is 8.83. The van der Waals surface area contributed by atoms with Crippen LogP contribution in [0.25, 0.3) is 11.3 Å². The summed E-state index contributed by atoms with van der Waals surface area (Å²) in [5.74, 6) is 1.85. The highest BCUT2D eigenvalue weighted by molar-refractivity contribution is 7.14. The maximum Gasteiger partial charge on any atom is 0.264 e. The van der Waals surface area contributed by atoms with Crippen molar-refractivity contribution in [3.8, 4) is 28.5 Å². The molecule has 0 aliphatic carbocycles. The largest absolute Gasteiger partial charge is 0.497 e. The van der Waals surface area contributed by atoms with Crippen LogP contribution >= 0.6 is 11.3 Å². The number of amides is 1. The molecule has 1 amide bonds. The van der Waals surface area contributed by atoms with Crippen LogP contribution in [-0.4, -0.2) is 31.7 Å². The number of ether oxygens (including phenoxy) is 3. The number of nitrogens with zero attached hydrogens (tertiary/aromatic N) is 1. The maximum absolute atomic E-state index is 12.2. The Morgan fingerprint density at radius 1 is 1.11 bits per heavy atom. The molecule has 0 aliphatic rings. The fourth-order valence-corrected chi connectivity index (χ4v) is 3.43. The van der Waals surface area contributed by atoms with Crippen molar-refractivity contribution in [1.29, 1.82) is 0 Å². The first-order chi connectivity index (χ1) is 13.6. The number of hydrogen-bond acceptors (Lipinski definition) is 6. The number of aryl methyl sites for hydroxylation is 1. The zero-order chi connectivity index (χ0) is 19.9. The second kappa shape index (κ2) is 9.23. The molecule has 0 fully saturated rings. The van der Waals surface area contributed by atoms with Crippen LogP contribution < -0.4 is 19.5 Å². The van der Waals surface area contributed by atoms with Gasteiger partial charge in [0, 0.05) is 10.9 Å². The summed E-state index contributed by atoms with van der Waals surface area (Å²) in [6.07, 6.45) is 0.843. The Labute approximate surface area is 168 Å². The van der Waals surface area contributed by atoms with E-state index in [4.69, 9.17) is 14.2 Å². The average molecular weight is 398 g/mol. The molecular weight excluding hydrogens is 376 g/mol. The number of carbonyl (C=O) groups excluding carboxylic acids is 1. The summed E-state index contributed by atoms with van der Waals surface area (Å²) < 4.78 is 16.3. The van der Waals surface area contributed by atoms with Gasteiger partial charge in [-0.1, -0.05) is 25.1 Å². The minimum atomic E-state index is -0.260. The lowest BCUT2D eigenvalue weighted by Gasteiger charge is -2.09. The third-order valence-corrected chi connectivity index (χ3v) is 4.90. The number of para-hydroxylation sites is 1. The Bertz CT molecular complexity index is 955. The van der Waals surface area contributed by atoms with E-state index in [-0.39, 0.29) is 12.5 Å². The van der Waals surface area contributed by atoms with Gasteiger partial charge in [0.2, 0.25) is 0 Å². The maximum atomic E-state index is 12.2. The third-order valence-electron chi connectivity index (χ3n) is 4.15. The van der Waals surface area contributed by atoms with Gasteiger partial charge in [0.1, 0.15) is 17.2 Å². The van der Waals surface area contributed by atoms with Crippen molar-refractivity contribution in [3.63, 3.8) is 0 Å². The molecule has 6 nitrogen and oxygen atoms in total. The molecule has 0 unspecified atom stereocenters. The summed E-state index contributed by atoms with van der Waals surface area (Å²) >= 11 is 1.34. The molecule has 3 rings (SSSR count). The Balaban J connectivity index is 1.67. The second-order valence-corrected chi connectivity index (χ2v) is 6.76. The van der Waals surface area contributed by atoms with E-state index in [9.17, 15) is 4.79 Å². The number of methoxy groups -OCH3 is 2. The van der Waals surface area contributed by atoms with Crippen molar-refractivity contribution >= 4 is 22.4 Å². The van der Waals surface area contributed by atoms with E-state index >= 15 is 0 Å². The number of nitrogens with one attached hydrogen (secondary N) is 1. The number of aromatic nitrogens is 1. The summed E-state index contributed by atoms with van der Waals surface area (Å²) in [4.78, 5) is 16.7. The molecule has 3 aromatic rings. The Morgan fingerprint density at radius 3 is 2.68 bits per heavy atom. The smallest absolute Gasteiger partial charge is 0.264 e. The normalized spacial score (nSPS) is 10.4. The van der Waals surface area contributed by atoms with Crippen LogP contribution in [0.15, 0.2) is 47.8 Å². The molecular formula is C21H22N2O4S. The lowest BCUT2D eigenvalue weighted by molar-refractivity contribution is -0.118. The second-order valence-electron chi connectivity index (χ2n) is 5.90. The van der Waals surface area contributed by atoms with E-state index in [1.54, 1.807) is 14.2 Å². The quantitative estimate of drug-likeness (QED) is 0.609. The average Bonchev–Trinajstić information content (AvgIpc) is 3.20. The lowest BCUT2D eigenvalue weighted by Crippen LogP contribution is -2.20. The Kier molecular flexibility index (Phi) is 6.49. The van der Waals surface area contributed by atoms with Gasteiger partial charge in [-0.3, -0.25) is 10.1 Å². The van der Waals surface area contributed by atoms with Crippen molar-refractivity contribution in [2.45, 2.75) is 13.3 Å². The van der Waals surface area contributed by atoms with Crippen LogP contribution in [0.5, 0.6) is 17.2 Å². The van der Waals surface area contributed by atoms with Gasteiger partial charge in [0.15, 0.2) is 11.7 Å². The molecule has 1 N–H and O–H groups in total. The molecule has 0 saturated heterocycles. The highest BCUT2D eigenvalue weighted by atomic mass is 32.1. The zero-order valence-electron chi connectivity index (χ0n) is 16.0. The number of thiazole rings is 1. The van der Waals surface area contributed by atoms with Crippen molar-refractivity contribution in [2.24, 2.45) is 0 Å². The highest BCUT2D eigenvalue weighted by Crippen LogP contribution is 2.35. The summed E-state index contributed by atoms with van der Waals surface area (Å²) in [7, 11) is 3.21. The molecule has 28 heavy (non-hydrogen) atoms. The molecule has 0 bridgehead atoms. The summed E-state index contributed by atoms with van der Waals surface area (Å²) in [5.41, 5.74) is 2.57. The van der Waals surface area contributed by atoms with Gasteiger partial charge >= 0.3 is 0 Å². The van der Waals surface area contributed by atoms with Crippen LogP contribution in [-0.2, 0) is 11.2 Å². The van der Waals surface area contributed by atoms with E-state index in [0.29, 0.717) is 22.3 Å². The zero-order valence-corrected chi connectivity index (χ0v) is 16.8. The molecule has 7 heteroatoms. The first-order valence-corrected chi connectivity index (χ1v) is 9.71. The van der Waals surface area contributed by atoms with E-state index < -0.39 is 0 Å². The molecule has 0 radical (unpaired) electrons. The van der Waals surface area contributed by atoms with Crippen LogP contribution in [0.4, 0.5) is 5.13 Å². The first kappa shape index (κ1) is 19.7. The van der Waals surface area contributed by atoms with E-state index in [2.05, 4.69) is 10.3 Å². The van der Waals surface area contributed by atoms with Crippen molar-refractivity contribution in [1.82, 2.24) is 4.98 Å². The monoisotopic (exact) mass is 398 g/mol. The van der Waals surface area contributed by atoms with Crippen molar-refractivity contribution < 1.29 is 19.0 Å². The van der Waals surface area contributed by atoms with Crippen LogP contribution in [0.1, 0.15) is 12.5 Å². The Hall–Kier alpha value is -3.06. The van der Waals surface area contributed by atoms with Gasteiger partial charge in [-0.2, -0.15) is 0 Å². The van der Waals surface area contributed by atoms with Gasteiger partial charge in [-0.15, -0.1) is 11.3 Å². The van der Waals surface area contributed by atoms with E-state index in [1.807, 2.05) is 54.8 Å². The Morgan fingerprint density at radius 2 is 1.93 bits per heavy atom. The summed E-state index contributed by atoms with van der Waals surface area (Å²) in [5, 5.41) is 5.14. The molecule has 0 spiro atoms. The van der Waals surface area contributed by atoms with Crippen molar-refractivity contribution in [3.05, 3.63) is 53.4 Å². The third kappa shape index (κ3) is 4.61. The van der Waals surface area contributed by atoms with Gasteiger partial charge in [-0.05, 0) is 36.2 Å². The van der Waals surface area contributed by atoms with Gasteiger partial charge in [0.05, 0.1) is 19.9 Å². The minimum absolute atomic E-state index is 0.0750. The van der Waals surface area contributed by atoms with Gasteiger partial charge in [-0.25, -0.2) is 4.98 Å². The summed E-state index contributed by atoms with van der Waals surface area (Å²) in [6, 6.07) is 13.2. The molecule has 2 aromatic carbocycles. The predicted octanol–water partition coefficient (Wildman–Crippen LogP) is 4.41. The minimum Gasteiger partial charge on any atom is -0.497 e. The molecule has 146 valence electrons. The van der Waals surface area contributed by atoms with Crippen LogP contribution in [0, 0.1) is 0 Å². The lowest BCUT2D eigenvalue weighted by atomic mass is 10.1. The molecule has 1 heterocycles. The number of rotatable bonds is 8. The molecule has 0 saturated carbocycles. The number of carbonyl (C=O) groups is 1. The molecule has 0 aliphatic heterocycles. The highest BCUT2D eigenvalue weighted by Gasteiger charge is 2.13. The van der Waals surface area contributed by atoms with Gasteiger partial charge < -0.3 is 14.2 Å². The predicted molar refractivity (Wildman–Crippen MR) is 111 cm³/mol. The fourth-order valence-electron chi connectivity index (χ4n) is 2.70. The molecule has 0 atom stereocenters. The topological polar surface area (TPSA) is 69.7 Å².